The Kier molecular flexibility index (Phi) is 3.32. The second-order valence-corrected chi connectivity index (χ2v) is 3.07. The van der Waals surface area contributed by atoms with Gasteiger partial charge in [0.05, 0.1) is 0 Å². The van der Waals surface area contributed by atoms with Gasteiger partial charge in [0, 0.05) is 11.6 Å². The number of benzene rings is 1. The van der Waals surface area contributed by atoms with Crippen LogP contribution in [-0.4, -0.2) is 6.54 Å². The van der Waals surface area contributed by atoms with Gasteiger partial charge in [0.25, 0.3) is 0 Å². The zero-order chi connectivity index (χ0) is 8.97. The molecule has 2 heteroatoms. The molecule has 0 atom stereocenters. The van der Waals surface area contributed by atoms with Gasteiger partial charge in [-0.25, -0.2) is 0 Å². The lowest BCUT2D eigenvalue weighted by molar-refractivity contribution is 1.26. The molecule has 0 amide bonds. The third-order valence-electron chi connectivity index (χ3n) is 1.58. The number of hydrogen-bond acceptors (Lipinski definition) is 1. The first-order chi connectivity index (χ1) is 5.74. The predicted octanol–water partition coefficient (Wildman–Crippen LogP) is 2.62. The van der Waals surface area contributed by atoms with Crippen LogP contribution in [0.25, 0.3) is 6.08 Å². The van der Waals surface area contributed by atoms with E-state index >= 15 is 0 Å². The number of hydrogen-bond donors (Lipinski definition) is 1. The standard InChI is InChI=1S/C10H12ClN/c1-8-4-5-10(11)9(7-8)3-2-6-12/h2-5,7H,6,12H2,1H3. The van der Waals surface area contributed by atoms with Crippen LogP contribution in [0.2, 0.25) is 5.02 Å². The van der Waals surface area contributed by atoms with Gasteiger partial charge in [0.1, 0.15) is 0 Å². The van der Waals surface area contributed by atoms with Crippen molar-refractivity contribution >= 4 is 17.7 Å². The van der Waals surface area contributed by atoms with E-state index in [0.29, 0.717) is 6.54 Å². The molecule has 1 nitrogen and oxygen atoms in total. The van der Waals surface area contributed by atoms with Gasteiger partial charge in [-0.05, 0) is 18.6 Å². The molecule has 0 fully saturated rings. The summed E-state index contributed by atoms with van der Waals surface area (Å²) in [6.45, 7) is 2.58. The number of halogens is 1. The van der Waals surface area contributed by atoms with Crippen molar-refractivity contribution in [2.45, 2.75) is 6.92 Å². The molecule has 1 rings (SSSR count). The summed E-state index contributed by atoms with van der Waals surface area (Å²) < 4.78 is 0. The van der Waals surface area contributed by atoms with E-state index in [9.17, 15) is 0 Å². The highest BCUT2D eigenvalue weighted by molar-refractivity contribution is 6.32. The molecule has 2 N–H and O–H groups in total. The Labute approximate surface area is 77.8 Å². The summed E-state index contributed by atoms with van der Waals surface area (Å²) in [7, 11) is 0. The summed E-state index contributed by atoms with van der Waals surface area (Å²) in [6, 6.07) is 5.92. The minimum atomic E-state index is 0.546. The van der Waals surface area contributed by atoms with Gasteiger partial charge in [0.15, 0.2) is 0 Å². The highest BCUT2D eigenvalue weighted by Crippen LogP contribution is 2.18. The molecule has 0 aliphatic heterocycles. The molecule has 1 aromatic rings. The van der Waals surface area contributed by atoms with Crippen LogP contribution in [0.3, 0.4) is 0 Å². The molecule has 0 aliphatic rings. The maximum atomic E-state index is 5.94. The number of rotatable bonds is 2. The first kappa shape index (κ1) is 9.30. The summed E-state index contributed by atoms with van der Waals surface area (Å²) in [5, 5.41) is 0.769. The molecule has 0 spiro atoms. The van der Waals surface area contributed by atoms with E-state index in [0.717, 1.165) is 10.6 Å². The van der Waals surface area contributed by atoms with Crippen molar-refractivity contribution < 1.29 is 0 Å². The molecule has 0 aromatic heterocycles. The average Bonchev–Trinajstić information content (AvgIpc) is 2.07. The van der Waals surface area contributed by atoms with Crippen molar-refractivity contribution in [3.8, 4) is 0 Å². The summed E-state index contributed by atoms with van der Waals surface area (Å²) in [5.41, 5.74) is 7.57. The topological polar surface area (TPSA) is 26.0 Å². The Balaban J connectivity index is 2.97. The van der Waals surface area contributed by atoms with Crippen molar-refractivity contribution in [2.75, 3.05) is 6.54 Å². The van der Waals surface area contributed by atoms with E-state index in [1.165, 1.54) is 5.56 Å². The normalized spacial score (nSPS) is 10.9. The lowest BCUT2D eigenvalue weighted by atomic mass is 10.1. The second kappa shape index (κ2) is 4.29. The van der Waals surface area contributed by atoms with Crippen LogP contribution < -0.4 is 5.73 Å². The van der Waals surface area contributed by atoms with E-state index in [1.807, 2.05) is 37.3 Å². The average molecular weight is 182 g/mol. The molecule has 0 saturated heterocycles. The van der Waals surface area contributed by atoms with E-state index in [4.69, 9.17) is 17.3 Å². The zero-order valence-corrected chi connectivity index (χ0v) is 7.81. The summed E-state index contributed by atoms with van der Waals surface area (Å²) in [6.07, 6.45) is 3.83. The SMILES string of the molecule is Cc1ccc(Cl)c(C=CCN)c1. The first-order valence-electron chi connectivity index (χ1n) is 3.87. The highest BCUT2D eigenvalue weighted by Gasteiger charge is 1.94. The Bertz CT molecular complexity index is 292. The van der Waals surface area contributed by atoms with Crippen molar-refractivity contribution in [3.63, 3.8) is 0 Å². The van der Waals surface area contributed by atoms with Gasteiger partial charge in [-0.1, -0.05) is 41.4 Å². The third kappa shape index (κ3) is 2.36. The van der Waals surface area contributed by atoms with E-state index < -0.39 is 0 Å². The molecule has 0 aliphatic carbocycles. The van der Waals surface area contributed by atoms with Gasteiger partial charge in [-0.15, -0.1) is 0 Å². The fourth-order valence-electron chi connectivity index (χ4n) is 0.986. The molecule has 0 radical (unpaired) electrons. The summed E-state index contributed by atoms with van der Waals surface area (Å²) >= 11 is 5.94. The molecule has 0 heterocycles. The van der Waals surface area contributed by atoms with Crippen molar-refractivity contribution in [3.05, 3.63) is 40.4 Å². The van der Waals surface area contributed by atoms with E-state index in [2.05, 4.69) is 0 Å². The van der Waals surface area contributed by atoms with E-state index in [-0.39, 0.29) is 0 Å². The van der Waals surface area contributed by atoms with Crippen LogP contribution in [0, 0.1) is 6.92 Å². The van der Waals surface area contributed by atoms with Gasteiger partial charge in [0.2, 0.25) is 0 Å². The first-order valence-corrected chi connectivity index (χ1v) is 4.24. The van der Waals surface area contributed by atoms with Crippen LogP contribution in [-0.2, 0) is 0 Å². The van der Waals surface area contributed by atoms with Crippen LogP contribution in [0.5, 0.6) is 0 Å². The molecular weight excluding hydrogens is 170 g/mol. The largest absolute Gasteiger partial charge is 0.327 e. The van der Waals surface area contributed by atoms with Crippen LogP contribution in [0.15, 0.2) is 24.3 Å². The second-order valence-electron chi connectivity index (χ2n) is 2.66. The summed E-state index contributed by atoms with van der Waals surface area (Å²) in [5.74, 6) is 0. The molecule has 12 heavy (non-hydrogen) atoms. The molecule has 0 unspecified atom stereocenters. The molecule has 1 aromatic carbocycles. The van der Waals surface area contributed by atoms with Gasteiger partial charge < -0.3 is 5.73 Å². The Hall–Kier alpha value is -0.790. The van der Waals surface area contributed by atoms with Crippen LogP contribution in [0.1, 0.15) is 11.1 Å². The minimum Gasteiger partial charge on any atom is -0.327 e. The maximum Gasteiger partial charge on any atom is 0.0478 e. The zero-order valence-electron chi connectivity index (χ0n) is 7.05. The molecule has 0 bridgehead atoms. The van der Waals surface area contributed by atoms with Gasteiger partial charge in [-0.2, -0.15) is 0 Å². The Morgan fingerprint density at radius 3 is 2.92 bits per heavy atom. The smallest absolute Gasteiger partial charge is 0.0478 e. The quantitative estimate of drug-likeness (QED) is 0.746. The highest BCUT2D eigenvalue weighted by atomic mass is 35.5. The third-order valence-corrected chi connectivity index (χ3v) is 1.93. The van der Waals surface area contributed by atoms with Crippen molar-refractivity contribution in [1.29, 1.82) is 0 Å². The van der Waals surface area contributed by atoms with Crippen LogP contribution >= 0.6 is 11.6 Å². The molecular formula is C10H12ClN. The molecule has 0 saturated carbocycles. The summed E-state index contributed by atoms with van der Waals surface area (Å²) in [4.78, 5) is 0. The van der Waals surface area contributed by atoms with Crippen LogP contribution in [0.4, 0.5) is 0 Å². The lowest BCUT2D eigenvalue weighted by Gasteiger charge is -1.98. The Morgan fingerprint density at radius 2 is 2.25 bits per heavy atom. The monoisotopic (exact) mass is 181 g/mol. The number of aryl methyl sites for hydroxylation is 1. The Morgan fingerprint density at radius 1 is 1.50 bits per heavy atom. The fraction of sp³-hybridized carbons (Fsp3) is 0.200. The predicted molar refractivity (Wildman–Crippen MR) is 54.3 cm³/mol. The van der Waals surface area contributed by atoms with Gasteiger partial charge >= 0.3 is 0 Å². The van der Waals surface area contributed by atoms with Crippen molar-refractivity contribution in [1.82, 2.24) is 0 Å². The maximum absolute atomic E-state index is 5.94. The van der Waals surface area contributed by atoms with Crippen molar-refractivity contribution in [2.24, 2.45) is 5.73 Å². The van der Waals surface area contributed by atoms with Gasteiger partial charge in [-0.3, -0.25) is 0 Å². The minimum absolute atomic E-state index is 0.546. The number of nitrogens with two attached hydrogens (primary N) is 1. The fourth-order valence-corrected chi connectivity index (χ4v) is 1.17. The van der Waals surface area contributed by atoms with E-state index in [1.54, 1.807) is 0 Å². The lowest BCUT2D eigenvalue weighted by Crippen LogP contribution is -1.92. The molecule has 64 valence electrons.